The average Bonchev–Trinajstić information content (AvgIpc) is 2.18. The molecular formula is C9H20N4O. The number of carbonyl (C=O) groups is 1. The Morgan fingerprint density at radius 2 is 2.36 bits per heavy atom. The van der Waals surface area contributed by atoms with Crippen LogP contribution in [0.3, 0.4) is 0 Å². The van der Waals surface area contributed by atoms with Crippen LogP contribution < -0.4 is 16.4 Å². The Morgan fingerprint density at radius 1 is 1.57 bits per heavy atom. The second-order valence-electron chi connectivity index (χ2n) is 3.68. The molecule has 1 aliphatic heterocycles. The number of nitrogens with one attached hydrogen (secondary N) is 2. The van der Waals surface area contributed by atoms with Crippen LogP contribution in [0.25, 0.3) is 0 Å². The lowest BCUT2D eigenvalue weighted by Gasteiger charge is -2.32. The highest BCUT2D eigenvalue weighted by atomic mass is 16.2. The number of nitrogens with two attached hydrogens (primary N) is 1. The van der Waals surface area contributed by atoms with Gasteiger partial charge in [0.15, 0.2) is 0 Å². The molecule has 5 heteroatoms. The molecule has 1 unspecified atom stereocenters. The van der Waals surface area contributed by atoms with Gasteiger partial charge in [-0.05, 0) is 32.9 Å². The number of nitrogens with zero attached hydrogens (tertiary/aromatic N) is 1. The first-order chi connectivity index (χ1) is 6.74. The summed E-state index contributed by atoms with van der Waals surface area (Å²) >= 11 is 0. The molecule has 1 rings (SSSR count). The summed E-state index contributed by atoms with van der Waals surface area (Å²) < 4.78 is 0. The average molecular weight is 200 g/mol. The predicted octanol–water partition coefficient (Wildman–Crippen LogP) is -0.314. The van der Waals surface area contributed by atoms with E-state index in [2.05, 4.69) is 15.5 Å². The Labute approximate surface area is 85.0 Å². The first-order valence-corrected chi connectivity index (χ1v) is 5.18. The Bertz CT molecular complexity index is 186. The van der Waals surface area contributed by atoms with Crippen LogP contribution in [0, 0.1) is 0 Å². The van der Waals surface area contributed by atoms with Crippen LogP contribution >= 0.6 is 0 Å². The van der Waals surface area contributed by atoms with Crippen molar-refractivity contribution in [2.75, 3.05) is 26.7 Å². The summed E-state index contributed by atoms with van der Waals surface area (Å²) in [5.74, 6) is 0. The molecule has 0 saturated carbocycles. The Kier molecular flexibility index (Phi) is 4.69. The number of urea groups is 1. The number of hydrogen-bond donors (Lipinski definition) is 3. The summed E-state index contributed by atoms with van der Waals surface area (Å²) in [4.78, 5) is 13.5. The van der Waals surface area contributed by atoms with Gasteiger partial charge in [0.2, 0.25) is 0 Å². The topological polar surface area (TPSA) is 70.4 Å². The van der Waals surface area contributed by atoms with Crippen LogP contribution in [0.1, 0.15) is 19.3 Å². The van der Waals surface area contributed by atoms with Gasteiger partial charge in [-0.15, -0.1) is 0 Å². The number of amides is 2. The van der Waals surface area contributed by atoms with Gasteiger partial charge in [0.1, 0.15) is 0 Å². The van der Waals surface area contributed by atoms with E-state index in [1.54, 1.807) is 0 Å². The van der Waals surface area contributed by atoms with Crippen LogP contribution in [0.2, 0.25) is 0 Å². The maximum Gasteiger partial charge on any atom is 0.316 e. The molecule has 0 aromatic heterocycles. The van der Waals surface area contributed by atoms with Crippen molar-refractivity contribution in [3.8, 4) is 0 Å². The number of likely N-dealkylation sites (tertiary alicyclic amines) is 1. The quantitative estimate of drug-likeness (QED) is 0.585. The van der Waals surface area contributed by atoms with Gasteiger partial charge < -0.3 is 16.4 Å². The first-order valence-electron chi connectivity index (χ1n) is 5.18. The molecule has 1 heterocycles. The van der Waals surface area contributed by atoms with E-state index >= 15 is 0 Å². The summed E-state index contributed by atoms with van der Waals surface area (Å²) in [6.07, 6.45) is 3.62. The van der Waals surface area contributed by atoms with Gasteiger partial charge in [0.05, 0.1) is 6.17 Å². The predicted molar refractivity (Wildman–Crippen MR) is 55.9 cm³/mol. The van der Waals surface area contributed by atoms with Crippen LogP contribution in [0.15, 0.2) is 0 Å². The van der Waals surface area contributed by atoms with Gasteiger partial charge in [0, 0.05) is 13.1 Å². The summed E-state index contributed by atoms with van der Waals surface area (Å²) in [5, 5.41) is 5.62. The standard InChI is InChI=1S/C9H20N4O/c1-13-7-3-2-4-8(13)12-9(14)11-6-5-10/h8H,2-7,10H2,1H3,(H2,11,12,14). The zero-order valence-electron chi connectivity index (χ0n) is 8.75. The Balaban J connectivity index is 2.23. The van der Waals surface area contributed by atoms with Crippen molar-refractivity contribution in [3.05, 3.63) is 0 Å². The molecule has 0 aromatic rings. The van der Waals surface area contributed by atoms with E-state index in [1.807, 2.05) is 7.05 Å². The highest BCUT2D eigenvalue weighted by Crippen LogP contribution is 2.12. The first kappa shape index (κ1) is 11.3. The molecule has 82 valence electrons. The van der Waals surface area contributed by atoms with E-state index in [4.69, 9.17) is 5.73 Å². The molecule has 0 spiro atoms. The molecule has 5 nitrogen and oxygen atoms in total. The van der Waals surface area contributed by atoms with Gasteiger partial charge in [-0.1, -0.05) is 0 Å². The minimum Gasteiger partial charge on any atom is -0.337 e. The summed E-state index contributed by atoms with van der Waals surface area (Å²) in [6, 6.07) is -0.116. The van der Waals surface area contributed by atoms with Crippen molar-refractivity contribution in [2.45, 2.75) is 25.4 Å². The number of hydrogen-bond acceptors (Lipinski definition) is 3. The minimum atomic E-state index is -0.116. The zero-order chi connectivity index (χ0) is 10.4. The van der Waals surface area contributed by atoms with Crippen molar-refractivity contribution in [1.82, 2.24) is 15.5 Å². The van der Waals surface area contributed by atoms with Crippen LogP contribution in [-0.2, 0) is 0 Å². The third-order valence-electron chi connectivity index (χ3n) is 2.50. The van der Waals surface area contributed by atoms with Crippen molar-refractivity contribution < 1.29 is 4.79 Å². The third-order valence-corrected chi connectivity index (χ3v) is 2.50. The van der Waals surface area contributed by atoms with E-state index in [9.17, 15) is 4.79 Å². The molecule has 0 radical (unpaired) electrons. The van der Waals surface area contributed by atoms with E-state index in [1.165, 1.54) is 12.8 Å². The summed E-state index contributed by atoms with van der Waals surface area (Å²) in [7, 11) is 2.03. The highest BCUT2D eigenvalue weighted by molar-refractivity contribution is 5.74. The molecule has 0 bridgehead atoms. The van der Waals surface area contributed by atoms with Crippen LogP contribution in [0.5, 0.6) is 0 Å². The monoisotopic (exact) mass is 200 g/mol. The van der Waals surface area contributed by atoms with Crippen molar-refractivity contribution in [2.24, 2.45) is 5.73 Å². The largest absolute Gasteiger partial charge is 0.337 e. The smallest absolute Gasteiger partial charge is 0.316 e. The zero-order valence-corrected chi connectivity index (χ0v) is 8.75. The van der Waals surface area contributed by atoms with Gasteiger partial charge in [-0.3, -0.25) is 4.90 Å². The van der Waals surface area contributed by atoms with Crippen molar-refractivity contribution in [1.29, 1.82) is 0 Å². The Hall–Kier alpha value is -0.810. The fraction of sp³-hybridized carbons (Fsp3) is 0.889. The molecule has 1 fully saturated rings. The van der Waals surface area contributed by atoms with Crippen LogP contribution in [-0.4, -0.2) is 43.8 Å². The van der Waals surface area contributed by atoms with E-state index < -0.39 is 0 Å². The SMILES string of the molecule is CN1CCCCC1NC(=O)NCCN. The maximum absolute atomic E-state index is 11.3. The van der Waals surface area contributed by atoms with E-state index in [0.29, 0.717) is 13.1 Å². The van der Waals surface area contributed by atoms with Gasteiger partial charge >= 0.3 is 6.03 Å². The minimum absolute atomic E-state index is 0.116. The molecule has 0 aromatic carbocycles. The molecular weight excluding hydrogens is 180 g/mol. The van der Waals surface area contributed by atoms with Crippen molar-refractivity contribution >= 4 is 6.03 Å². The summed E-state index contributed by atoms with van der Waals surface area (Å²) in [6.45, 7) is 2.07. The molecule has 14 heavy (non-hydrogen) atoms. The lowest BCUT2D eigenvalue weighted by molar-refractivity contribution is 0.154. The molecule has 4 N–H and O–H groups in total. The lowest BCUT2D eigenvalue weighted by atomic mass is 10.1. The van der Waals surface area contributed by atoms with Gasteiger partial charge in [0.25, 0.3) is 0 Å². The fourth-order valence-corrected chi connectivity index (χ4v) is 1.65. The van der Waals surface area contributed by atoms with E-state index in [0.717, 1.165) is 13.0 Å². The van der Waals surface area contributed by atoms with Gasteiger partial charge in [-0.2, -0.15) is 0 Å². The number of rotatable bonds is 3. The van der Waals surface area contributed by atoms with E-state index in [-0.39, 0.29) is 12.2 Å². The van der Waals surface area contributed by atoms with Gasteiger partial charge in [-0.25, -0.2) is 4.79 Å². The Morgan fingerprint density at radius 3 is 3.00 bits per heavy atom. The molecule has 1 atom stereocenters. The maximum atomic E-state index is 11.3. The second kappa shape index (κ2) is 5.82. The second-order valence-corrected chi connectivity index (χ2v) is 3.68. The molecule has 0 aliphatic carbocycles. The molecule has 2 amide bonds. The fourth-order valence-electron chi connectivity index (χ4n) is 1.65. The molecule has 1 aliphatic rings. The highest BCUT2D eigenvalue weighted by Gasteiger charge is 2.19. The summed E-state index contributed by atoms with van der Waals surface area (Å²) in [5.41, 5.74) is 5.28. The molecule has 1 saturated heterocycles. The van der Waals surface area contributed by atoms with Crippen LogP contribution in [0.4, 0.5) is 4.79 Å². The third kappa shape index (κ3) is 3.51. The normalized spacial score (nSPS) is 23.1. The lowest BCUT2D eigenvalue weighted by Crippen LogP contribution is -2.52. The number of carbonyl (C=O) groups excluding carboxylic acids is 1. The van der Waals surface area contributed by atoms with Crippen molar-refractivity contribution in [3.63, 3.8) is 0 Å². The number of piperidine rings is 1.